The summed E-state index contributed by atoms with van der Waals surface area (Å²) >= 11 is 1.57. The van der Waals surface area contributed by atoms with Gasteiger partial charge >= 0.3 is 0 Å². The summed E-state index contributed by atoms with van der Waals surface area (Å²) < 4.78 is 0. The molecule has 1 aromatic carbocycles. The lowest BCUT2D eigenvalue weighted by atomic mass is 10.1. The average Bonchev–Trinajstić information content (AvgIpc) is 3.10. The molecule has 23 heavy (non-hydrogen) atoms. The summed E-state index contributed by atoms with van der Waals surface area (Å²) in [5.41, 5.74) is 1.06. The van der Waals surface area contributed by atoms with Crippen LogP contribution in [0, 0.1) is 0 Å². The second kappa shape index (κ2) is 7.68. The third kappa shape index (κ3) is 4.16. The molecule has 0 radical (unpaired) electrons. The molecule has 1 aliphatic rings. The maximum Gasteiger partial charge on any atom is 0.235 e. The van der Waals surface area contributed by atoms with Crippen LogP contribution in [0.5, 0.6) is 0 Å². The Morgan fingerprint density at radius 1 is 1.48 bits per heavy atom. The van der Waals surface area contributed by atoms with Crippen LogP contribution >= 0.6 is 11.3 Å². The van der Waals surface area contributed by atoms with Crippen LogP contribution in [-0.2, 0) is 4.79 Å². The third-order valence-corrected chi connectivity index (χ3v) is 4.96. The number of aromatic nitrogens is 1. The molecular weight excluding hydrogens is 308 g/mol. The van der Waals surface area contributed by atoms with Crippen LogP contribution in [0.1, 0.15) is 23.5 Å². The lowest BCUT2D eigenvalue weighted by Crippen LogP contribution is -2.53. The number of nitrogens with one attached hydrogen (secondary N) is 2. The number of carbonyl (C=O) groups is 1. The van der Waals surface area contributed by atoms with E-state index in [0.717, 1.165) is 30.2 Å². The van der Waals surface area contributed by atoms with E-state index < -0.39 is 0 Å². The molecule has 1 aromatic heterocycles. The molecule has 0 bridgehead atoms. The van der Waals surface area contributed by atoms with Gasteiger partial charge in [0.05, 0.1) is 6.54 Å². The Kier molecular flexibility index (Phi) is 5.38. The van der Waals surface area contributed by atoms with Gasteiger partial charge in [0.2, 0.25) is 5.91 Å². The first-order valence-electron chi connectivity index (χ1n) is 7.92. The quantitative estimate of drug-likeness (QED) is 0.875. The zero-order valence-electron chi connectivity index (χ0n) is 13.2. The van der Waals surface area contributed by atoms with Gasteiger partial charge in [-0.15, -0.1) is 11.3 Å². The number of benzene rings is 1. The van der Waals surface area contributed by atoms with Crippen LogP contribution in [0.2, 0.25) is 0 Å². The summed E-state index contributed by atoms with van der Waals surface area (Å²) in [7, 11) is 0. The van der Waals surface area contributed by atoms with Gasteiger partial charge in [0.1, 0.15) is 11.0 Å². The highest BCUT2D eigenvalue weighted by Crippen LogP contribution is 2.23. The van der Waals surface area contributed by atoms with Gasteiger partial charge in [-0.05, 0) is 12.5 Å². The molecule has 1 saturated heterocycles. The minimum Gasteiger partial charge on any atom is -0.342 e. The second-order valence-corrected chi connectivity index (χ2v) is 6.73. The van der Waals surface area contributed by atoms with E-state index in [1.807, 2.05) is 35.7 Å². The van der Waals surface area contributed by atoms with E-state index in [-0.39, 0.29) is 11.9 Å². The number of rotatable bonds is 5. The van der Waals surface area contributed by atoms with Gasteiger partial charge in [-0.25, -0.2) is 4.98 Å². The molecule has 1 unspecified atom stereocenters. The average molecular weight is 330 g/mol. The molecule has 1 aliphatic heterocycles. The number of hydrogen-bond donors (Lipinski definition) is 2. The topological polar surface area (TPSA) is 57.3 Å². The molecule has 5 nitrogen and oxygen atoms in total. The second-order valence-electron chi connectivity index (χ2n) is 5.81. The monoisotopic (exact) mass is 330 g/mol. The molecule has 0 saturated carbocycles. The standard InChI is InChI=1S/C17H22N4OS/c1-13-11-18-7-9-21(13)12-15(22)20-16(17-19-8-10-23-17)14-5-3-2-4-6-14/h2-6,8,10,13,16,18H,7,9,11-12H2,1H3,(H,20,22)/t13-,16?/m1/s1. The molecule has 2 N–H and O–H groups in total. The number of carbonyl (C=O) groups excluding carboxylic acids is 1. The molecule has 6 heteroatoms. The summed E-state index contributed by atoms with van der Waals surface area (Å²) in [4.78, 5) is 19.1. The molecule has 2 heterocycles. The maximum absolute atomic E-state index is 12.5. The van der Waals surface area contributed by atoms with Crippen LogP contribution in [0.15, 0.2) is 41.9 Å². The molecule has 3 rings (SSSR count). The van der Waals surface area contributed by atoms with E-state index in [2.05, 4.69) is 27.4 Å². The fourth-order valence-electron chi connectivity index (χ4n) is 2.82. The SMILES string of the molecule is C[C@@H]1CNCCN1CC(=O)NC(c1ccccc1)c1nccs1. The normalized spacial score (nSPS) is 20.1. The Morgan fingerprint density at radius 2 is 2.30 bits per heavy atom. The van der Waals surface area contributed by atoms with Crippen molar-refractivity contribution in [2.75, 3.05) is 26.2 Å². The highest BCUT2D eigenvalue weighted by Gasteiger charge is 2.23. The summed E-state index contributed by atoms with van der Waals surface area (Å²) in [6.45, 7) is 5.35. The van der Waals surface area contributed by atoms with Crippen molar-refractivity contribution in [1.29, 1.82) is 0 Å². The van der Waals surface area contributed by atoms with Crippen LogP contribution in [-0.4, -0.2) is 48.0 Å². The zero-order chi connectivity index (χ0) is 16.1. The van der Waals surface area contributed by atoms with E-state index in [0.29, 0.717) is 12.6 Å². The smallest absolute Gasteiger partial charge is 0.235 e. The molecule has 1 amide bonds. The number of piperazine rings is 1. The van der Waals surface area contributed by atoms with E-state index in [4.69, 9.17) is 0 Å². The first-order chi connectivity index (χ1) is 11.2. The van der Waals surface area contributed by atoms with E-state index in [1.54, 1.807) is 17.5 Å². The summed E-state index contributed by atoms with van der Waals surface area (Å²) in [6, 6.07) is 10.2. The largest absolute Gasteiger partial charge is 0.342 e. The predicted octanol–water partition coefficient (Wildman–Crippen LogP) is 1.64. The summed E-state index contributed by atoms with van der Waals surface area (Å²) in [6.07, 6.45) is 1.78. The van der Waals surface area contributed by atoms with Crippen molar-refractivity contribution in [3.63, 3.8) is 0 Å². The number of amides is 1. The molecule has 0 spiro atoms. The molecule has 0 aliphatic carbocycles. The molecule has 2 aromatic rings. The van der Waals surface area contributed by atoms with Crippen LogP contribution < -0.4 is 10.6 Å². The Hall–Kier alpha value is -1.76. The Labute approximate surface area is 140 Å². The highest BCUT2D eigenvalue weighted by atomic mass is 32.1. The van der Waals surface area contributed by atoms with Crippen molar-refractivity contribution < 1.29 is 4.79 Å². The van der Waals surface area contributed by atoms with Crippen LogP contribution in [0.4, 0.5) is 0 Å². The minimum atomic E-state index is -0.179. The molecule has 2 atom stereocenters. The van der Waals surface area contributed by atoms with Gasteiger partial charge in [-0.1, -0.05) is 30.3 Å². The van der Waals surface area contributed by atoms with Crippen molar-refractivity contribution in [2.24, 2.45) is 0 Å². The van der Waals surface area contributed by atoms with Gasteiger partial charge in [0.15, 0.2) is 0 Å². The lowest BCUT2D eigenvalue weighted by molar-refractivity contribution is -0.123. The van der Waals surface area contributed by atoms with Crippen LogP contribution in [0.3, 0.4) is 0 Å². The van der Waals surface area contributed by atoms with Gasteiger partial charge in [-0.3, -0.25) is 9.69 Å². The summed E-state index contributed by atoms with van der Waals surface area (Å²) in [5.74, 6) is 0.0443. The molecule has 122 valence electrons. The van der Waals surface area contributed by atoms with Crippen LogP contribution in [0.25, 0.3) is 0 Å². The Balaban J connectivity index is 1.70. The molecular formula is C17H22N4OS. The fourth-order valence-corrected chi connectivity index (χ4v) is 3.53. The number of thiazole rings is 1. The van der Waals surface area contributed by atoms with Gasteiger partial charge in [0, 0.05) is 37.3 Å². The number of hydrogen-bond acceptors (Lipinski definition) is 5. The Bertz CT molecular complexity index is 617. The van der Waals surface area contributed by atoms with Gasteiger partial charge < -0.3 is 10.6 Å². The predicted molar refractivity (Wildman–Crippen MR) is 92.4 cm³/mol. The minimum absolute atomic E-state index is 0.0443. The van der Waals surface area contributed by atoms with Gasteiger partial charge in [-0.2, -0.15) is 0 Å². The first-order valence-corrected chi connectivity index (χ1v) is 8.80. The summed E-state index contributed by atoms with van der Waals surface area (Å²) in [5, 5.41) is 9.35. The van der Waals surface area contributed by atoms with E-state index in [1.165, 1.54) is 0 Å². The fraction of sp³-hybridized carbons (Fsp3) is 0.412. The zero-order valence-corrected chi connectivity index (χ0v) is 14.1. The maximum atomic E-state index is 12.5. The molecule has 1 fully saturated rings. The van der Waals surface area contributed by atoms with Crippen molar-refractivity contribution in [3.8, 4) is 0 Å². The van der Waals surface area contributed by atoms with Crippen molar-refractivity contribution in [1.82, 2.24) is 20.5 Å². The van der Waals surface area contributed by atoms with Crippen molar-refractivity contribution in [2.45, 2.75) is 19.0 Å². The lowest BCUT2D eigenvalue weighted by Gasteiger charge is -2.33. The van der Waals surface area contributed by atoms with E-state index >= 15 is 0 Å². The first kappa shape index (κ1) is 16.1. The third-order valence-electron chi connectivity index (χ3n) is 4.12. The van der Waals surface area contributed by atoms with Gasteiger partial charge in [0.25, 0.3) is 0 Å². The number of nitrogens with zero attached hydrogens (tertiary/aromatic N) is 2. The Morgan fingerprint density at radius 3 is 3.00 bits per heavy atom. The highest BCUT2D eigenvalue weighted by molar-refractivity contribution is 7.09. The van der Waals surface area contributed by atoms with E-state index in [9.17, 15) is 4.79 Å². The van der Waals surface area contributed by atoms with Crippen molar-refractivity contribution >= 4 is 17.2 Å². The van der Waals surface area contributed by atoms with Crippen molar-refractivity contribution in [3.05, 3.63) is 52.5 Å².